The van der Waals surface area contributed by atoms with Crippen molar-refractivity contribution in [2.45, 2.75) is 52.7 Å². The summed E-state index contributed by atoms with van der Waals surface area (Å²) in [6.07, 6.45) is 6.59. The van der Waals surface area contributed by atoms with Gasteiger partial charge in [0.2, 0.25) is 11.5 Å². The summed E-state index contributed by atoms with van der Waals surface area (Å²) >= 11 is 0. The number of carbonyl (C=O) groups is 2. The predicted octanol–water partition coefficient (Wildman–Crippen LogP) is 0.883. The first-order chi connectivity index (χ1) is 16.6. The fraction of sp³-hybridized carbons (Fsp3) is 0.458. The van der Waals surface area contributed by atoms with Gasteiger partial charge in [-0.05, 0) is 37.8 Å². The van der Waals surface area contributed by atoms with Crippen LogP contribution >= 0.6 is 0 Å². The van der Waals surface area contributed by atoms with Crippen LogP contribution in [0.3, 0.4) is 0 Å². The zero-order valence-electron chi connectivity index (χ0n) is 20.7. The molecule has 0 atom stereocenters. The molecule has 35 heavy (non-hydrogen) atoms. The molecule has 2 amide bonds. The van der Waals surface area contributed by atoms with Crippen LogP contribution in [0.5, 0.6) is 5.88 Å². The maximum atomic E-state index is 13.2. The molecule has 0 saturated heterocycles. The van der Waals surface area contributed by atoms with Crippen LogP contribution in [-0.4, -0.2) is 54.3 Å². The lowest BCUT2D eigenvalue weighted by Gasteiger charge is -2.13. The van der Waals surface area contributed by atoms with E-state index in [4.69, 9.17) is 0 Å². The smallest absolute Gasteiger partial charge is 0.378 e. The minimum atomic E-state index is -0.642. The molecular weight excluding hydrogens is 450 g/mol. The van der Waals surface area contributed by atoms with Gasteiger partial charge in [0.15, 0.2) is 0 Å². The van der Waals surface area contributed by atoms with Crippen molar-refractivity contribution in [3.8, 4) is 5.88 Å². The van der Waals surface area contributed by atoms with Crippen molar-refractivity contribution >= 4 is 23.5 Å². The van der Waals surface area contributed by atoms with Gasteiger partial charge in [-0.3, -0.25) is 14.3 Å². The number of aromatic nitrogens is 5. The summed E-state index contributed by atoms with van der Waals surface area (Å²) in [4.78, 5) is 40.3. The topological polar surface area (TPSA) is 129 Å². The molecule has 0 bridgehead atoms. The minimum absolute atomic E-state index is 0.0403. The van der Waals surface area contributed by atoms with Gasteiger partial charge >= 0.3 is 17.1 Å². The molecule has 1 aliphatic carbocycles. The largest absolute Gasteiger partial charge is 0.477 e. The van der Waals surface area contributed by atoms with E-state index in [1.807, 2.05) is 33.2 Å². The third-order valence-corrected chi connectivity index (χ3v) is 5.91. The first-order valence-electron chi connectivity index (χ1n) is 11.7. The summed E-state index contributed by atoms with van der Waals surface area (Å²) in [6, 6.07) is 1.89. The Balaban J connectivity index is 1.73. The number of rotatable bonds is 8. The maximum Gasteiger partial charge on any atom is 0.378 e. The van der Waals surface area contributed by atoms with E-state index in [9.17, 15) is 19.5 Å². The van der Waals surface area contributed by atoms with Gasteiger partial charge in [-0.2, -0.15) is 9.67 Å². The van der Waals surface area contributed by atoms with E-state index < -0.39 is 11.5 Å². The molecule has 11 nitrogen and oxygen atoms in total. The number of aromatic hydroxyl groups is 1. The lowest BCUT2D eigenvalue weighted by Crippen LogP contribution is -2.46. The van der Waals surface area contributed by atoms with Gasteiger partial charge in [0.05, 0.1) is 30.0 Å². The van der Waals surface area contributed by atoms with Gasteiger partial charge in [0, 0.05) is 32.4 Å². The first-order valence-corrected chi connectivity index (χ1v) is 11.7. The van der Waals surface area contributed by atoms with Gasteiger partial charge in [-0.1, -0.05) is 18.4 Å². The zero-order valence-corrected chi connectivity index (χ0v) is 20.7. The van der Waals surface area contributed by atoms with Crippen molar-refractivity contribution in [2.24, 2.45) is 13.0 Å². The molecule has 1 saturated carbocycles. The Labute approximate surface area is 202 Å². The van der Waals surface area contributed by atoms with E-state index in [2.05, 4.69) is 15.5 Å². The van der Waals surface area contributed by atoms with Crippen LogP contribution < -0.4 is 15.4 Å². The van der Waals surface area contributed by atoms with Crippen LogP contribution in [0, 0.1) is 12.8 Å². The average Bonchev–Trinajstić information content (AvgIpc) is 3.40. The minimum Gasteiger partial charge on any atom is -0.477 e. The molecular formula is C24H32N7O4+. The molecule has 3 N–H and O–H groups in total. The van der Waals surface area contributed by atoms with Crippen molar-refractivity contribution < 1.29 is 19.3 Å². The summed E-state index contributed by atoms with van der Waals surface area (Å²) in [7, 11) is 3.50. The normalized spacial score (nSPS) is 13.8. The SMILES string of the molecule is Cc1[nH]n2c(=O)c(C(=O)NC3CC3)c(O)[n+](CC(C)C)c2c1/C=C/C(=O)N(C)Cc1ccn(C)n1. The Morgan fingerprint density at radius 2 is 2.11 bits per heavy atom. The number of amides is 2. The molecule has 0 spiro atoms. The van der Waals surface area contributed by atoms with Crippen molar-refractivity contribution in [1.29, 1.82) is 0 Å². The highest BCUT2D eigenvalue weighted by molar-refractivity contribution is 5.96. The van der Waals surface area contributed by atoms with E-state index in [0.29, 0.717) is 30.0 Å². The maximum absolute atomic E-state index is 13.2. The van der Waals surface area contributed by atoms with E-state index in [1.54, 1.807) is 29.3 Å². The molecule has 3 aromatic heterocycles. The Morgan fingerprint density at radius 1 is 1.40 bits per heavy atom. The Hall–Kier alpha value is -3.89. The van der Waals surface area contributed by atoms with E-state index in [0.717, 1.165) is 18.5 Å². The molecule has 1 fully saturated rings. The Morgan fingerprint density at radius 3 is 2.71 bits per heavy atom. The second-order valence-corrected chi connectivity index (χ2v) is 9.57. The third kappa shape index (κ3) is 4.98. The van der Waals surface area contributed by atoms with Crippen LogP contribution in [0.1, 0.15) is 54.0 Å². The number of aromatic amines is 1. The van der Waals surface area contributed by atoms with Crippen LogP contribution in [0.25, 0.3) is 11.7 Å². The number of hydrogen-bond acceptors (Lipinski definition) is 5. The third-order valence-electron chi connectivity index (χ3n) is 5.91. The highest BCUT2D eigenvalue weighted by atomic mass is 16.3. The Kier molecular flexibility index (Phi) is 6.51. The summed E-state index contributed by atoms with van der Waals surface area (Å²) in [5.74, 6) is -1.09. The number of hydrogen-bond donors (Lipinski definition) is 3. The van der Waals surface area contributed by atoms with Gasteiger partial charge in [-0.15, -0.1) is 0 Å². The Bertz CT molecular complexity index is 1370. The van der Waals surface area contributed by atoms with E-state index in [-0.39, 0.29) is 29.3 Å². The van der Waals surface area contributed by atoms with Crippen molar-refractivity contribution in [3.05, 3.63) is 51.2 Å². The average molecular weight is 483 g/mol. The lowest BCUT2D eigenvalue weighted by atomic mass is 10.1. The highest BCUT2D eigenvalue weighted by Crippen LogP contribution is 2.22. The molecule has 0 aliphatic heterocycles. The van der Waals surface area contributed by atoms with Gasteiger partial charge < -0.3 is 15.3 Å². The van der Waals surface area contributed by atoms with Crippen molar-refractivity contribution in [3.63, 3.8) is 0 Å². The molecule has 1 aliphatic rings. The summed E-state index contributed by atoms with van der Waals surface area (Å²) in [5.41, 5.74) is 1.42. The van der Waals surface area contributed by atoms with Crippen molar-refractivity contribution in [2.75, 3.05) is 7.05 Å². The number of H-pyrrole nitrogens is 1. The molecule has 11 heteroatoms. The standard InChI is InChI=1S/C24H31N7O4/c1-14(2)12-30-22-18(8-9-19(32)28(4)13-17-10-11-29(5)27-17)15(3)26-31(22)24(35)20(23(30)34)21(33)25-16-6-7-16/h8-11,14,16H,6-7,12-13H2,1-5H3,(H2,25,33,34,35)/p+1/b9-8+. The molecule has 0 radical (unpaired) electrons. The van der Waals surface area contributed by atoms with Crippen LogP contribution in [-0.2, 0) is 24.9 Å². The zero-order chi connectivity index (χ0) is 25.4. The molecule has 186 valence electrons. The summed E-state index contributed by atoms with van der Waals surface area (Å²) in [5, 5.41) is 21.1. The summed E-state index contributed by atoms with van der Waals surface area (Å²) < 4.78 is 4.50. The van der Waals surface area contributed by atoms with Crippen LogP contribution in [0.2, 0.25) is 0 Å². The van der Waals surface area contributed by atoms with E-state index in [1.165, 1.54) is 15.5 Å². The van der Waals surface area contributed by atoms with Gasteiger partial charge in [-0.25, -0.2) is 9.89 Å². The number of carbonyl (C=O) groups excluding carboxylic acids is 2. The molecule has 3 aromatic rings. The molecule has 0 aromatic carbocycles. The van der Waals surface area contributed by atoms with Crippen molar-refractivity contribution in [1.82, 2.24) is 29.6 Å². The fourth-order valence-corrected chi connectivity index (χ4v) is 4.00. The van der Waals surface area contributed by atoms with Crippen LogP contribution in [0.4, 0.5) is 0 Å². The number of nitrogens with zero attached hydrogens (tertiary/aromatic N) is 5. The molecule has 0 unspecified atom stereocenters. The second-order valence-electron chi connectivity index (χ2n) is 9.57. The number of nitrogens with one attached hydrogen (secondary N) is 2. The van der Waals surface area contributed by atoms with Gasteiger partial charge in [0.1, 0.15) is 0 Å². The number of likely N-dealkylation sites (N-methyl/N-ethyl adjacent to an activating group) is 1. The fourth-order valence-electron chi connectivity index (χ4n) is 4.00. The monoisotopic (exact) mass is 482 g/mol. The van der Waals surface area contributed by atoms with E-state index >= 15 is 0 Å². The quantitative estimate of drug-likeness (QED) is 0.324. The second kappa shape index (κ2) is 9.40. The van der Waals surface area contributed by atoms with Gasteiger partial charge in [0.25, 0.3) is 5.91 Å². The predicted molar refractivity (Wildman–Crippen MR) is 129 cm³/mol. The number of fused-ring (bicyclic) bond motifs is 1. The molecule has 4 rings (SSSR count). The first kappa shape index (κ1) is 24.2. The lowest BCUT2D eigenvalue weighted by molar-refractivity contribution is -0.686. The summed E-state index contributed by atoms with van der Waals surface area (Å²) in [6.45, 7) is 6.44. The molecule has 3 heterocycles. The van der Waals surface area contributed by atoms with Crippen LogP contribution in [0.15, 0.2) is 23.1 Å². The number of aryl methyl sites for hydroxylation is 2. The highest BCUT2D eigenvalue weighted by Gasteiger charge is 2.35.